The van der Waals surface area contributed by atoms with Gasteiger partial charge in [0, 0.05) is 13.0 Å². The number of amides is 3. The highest BCUT2D eigenvalue weighted by atomic mass is 16.2. The average Bonchev–Trinajstić information content (AvgIpc) is 2.90. The van der Waals surface area contributed by atoms with Crippen LogP contribution in [0.2, 0.25) is 0 Å². The summed E-state index contributed by atoms with van der Waals surface area (Å²) in [6.07, 6.45) is 5.24. The molecule has 0 N–H and O–H groups in total. The van der Waals surface area contributed by atoms with Gasteiger partial charge >= 0.3 is 0 Å². The zero-order valence-electron chi connectivity index (χ0n) is 15.9. The van der Waals surface area contributed by atoms with Crippen LogP contribution in [-0.2, 0) is 14.4 Å². The topological polar surface area (TPSA) is 57.7 Å². The molecule has 1 atom stereocenters. The van der Waals surface area contributed by atoms with Crippen molar-refractivity contribution >= 4 is 23.4 Å². The molecule has 3 rings (SSSR count). The Labute approximate surface area is 155 Å². The molecule has 1 aromatic rings. The lowest BCUT2D eigenvalue weighted by Crippen LogP contribution is -2.50. The summed E-state index contributed by atoms with van der Waals surface area (Å²) in [6.45, 7) is 5.71. The van der Waals surface area contributed by atoms with Gasteiger partial charge in [-0.05, 0) is 36.5 Å². The lowest BCUT2D eigenvalue weighted by Gasteiger charge is -2.36. The summed E-state index contributed by atoms with van der Waals surface area (Å²) < 4.78 is 0. The maximum atomic E-state index is 13.0. The van der Waals surface area contributed by atoms with Gasteiger partial charge in [-0.15, -0.1) is 0 Å². The third-order valence-electron chi connectivity index (χ3n) is 5.61. The second kappa shape index (κ2) is 7.60. The van der Waals surface area contributed by atoms with Crippen LogP contribution in [0.4, 0.5) is 5.69 Å². The predicted molar refractivity (Wildman–Crippen MR) is 101 cm³/mol. The molecule has 0 radical (unpaired) electrons. The lowest BCUT2D eigenvalue weighted by atomic mass is 9.92. The molecule has 140 valence electrons. The molecule has 1 saturated carbocycles. The summed E-state index contributed by atoms with van der Waals surface area (Å²) in [7, 11) is 0. The zero-order chi connectivity index (χ0) is 18.8. The highest BCUT2D eigenvalue weighted by Crippen LogP contribution is 2.31. The molecule has 0 spiro atoms. The molecule has 3 amide bonds. The Bertz CT molecular complexity index is 690. The molecule has 0 aromatic heterocycles. The van der Waals surface area contributed by atoms with E-state index in [0.29, 0.717) is 11.6 Å². The number of hydrogen-bond donors (Lipinski definition) is 0. The molecule has 1 aliphatic heterocycles. The molecule has 1 unspecified atom stereocenters. The first-order valence-electron chi connectivity index (χ1n) is 9.65. The molecule has 2 fully saturated rings. The highest BCUT2D eigenvalue weighted by Gasteiger charge is 2.45. The van der Waals surface area contributed by atoms with Crippen molar-refractivity contribution in [1.82, 2.24) is 4.90 Å². The summed E-state index contributed by atoms with van der Waals surface area (Å²) in [5.74, 6) is -0.214. The van der Waals surface area contributed by atoms with E-state index in [2.05, 4.69) is 13.8 Å². The van der Waals surface area contributed by atoms with Crippen LogP contribution in [-0.4, -0.2) is 34.7 Å². The summed E-state index contributed by atoms with van der Waals surface area (Å²) in [5, 5.41) is 0. The number of rotatable bonds is 4. The number of imide groups is 1. The summed E-state index contributed by atoms with van der Waals surface area (Å²) >= 11 is 0. The molecule has 1 saturated heterocycles. The first kappa shape index (κ1) is 18.6. The van der Waals surface area contributed by atoms with Crippen LogP contribution >= 0.6 is 0 Å². The lowest BCUT2D eigenvalue weighted by molar-refractivity contribution is -0.140. The van der Waals surface area contributed by atoms with Crippen molar-refractivity contribution in [1.29, 1.82) is 0 Å². The standard InChI is InChI=1S/C21H28N2O3/c1-14(2)16-9-11-18(12-10-16)23-20(25)13-19(21(23)26)22(15(3)24)17-7-5-4-6-8-17/h9-12,14,17,19H,4-8,13H2,1-3H3. The van der Waals surface area contributed by atoms with Gasteiger partial charge in [0.15, 0.2) is 0 Å². The van der Waals surface area contributed by atoms with Crippen LogP contribution < -0.4 is 4.90 Å². The predicted octanol–water partition coefficient (Wildman–Crippen LogP) is 3.62. The van der Waals surface area contributed by atoms with Gasteiger partial charge in [-0.3, -0.25) is 14.4 Å². The Morgan fingerprint density at radius 3 is 2.23 bits per heavy atom. The Balaban J connectivity index is 1.83. The molecule has 5 nitrogen and oxygen atoms in total. The largest absolute Gasteiger partial charge is 0.327 e. The Hall–Kier alpha value is -2.17. The molecule has 2 aliphatic rings. The molecule has 1 heterocycles. The van der Waals surface area contributed by atoms with Crippen molar-refractivity contribution in [2.75, 3.05) is 4.90 Å². The minimum atomic E-state index is -0.659. The van der Waals surface area contributed by atoms with Gasteiger partial charge in [0.1, 0.15) is 6.04 Å². The first-order chi connectivity index (χ1) is 12.4. The van der Waals surface area contributed by atoms with E-state index in [-0.39, 0.29) is 30.2 Å². The fraction of sp³-hybridized carbons (Fsp3) is 0.571. The van der Waals surface area contributed by atoms with Crippen LogP contribution in [0.5, 0.6) is 0 Å². The van der Waals surface area contributed by atoms with E-state index in [4.69, 9.17) is 0 Å². The Kier molecular flexibility index (Phi) is 5.44. The van der Waals surface area contributed by atoms with E-state index in [1.165, 1.54) is 18.2 Å². The number of nitrogens with zero attached hydrogens (tertiary/aromatic N) is 2. The molecule has 1 aliphatic carbocycles. The molecule has 5 heteroatoms. The van der Waals surface area contributed by atoms with Gasteiger partial charge in [0.25, 0.3) is 5.91 Å². The van der Waals surface area contributed by atoms with Crippen molar-refractivity contribution in [2.45, 2.75) is 77.3 Å². The third kappa shape index (κ3) is 3.53. The Morgan fingerprint density at radius 1 is 1.08 bits per heavy atom. The number of hydrogen-bond acceptors (Lipinski definition) is 3. The monoisotopic (exact) mass is 356 g/mol. The van der Waals surface area contributed by atoms with E-state index in [0.717, 1.165) is 31.2 Å². The quantitative estimate of drug-likeness (QED) is 0.774. The second-order valence-electron chi connectivity index (χ2n) is 7.75. The van der Waals surface area contributed by atoms with Gasteiger partial charge in [-0.1, -0.05) is 45.2 Å². The normalized spacial score (nSPS) is 21.5. The van der Waals surface area contributed by atoms with E-state index >= 15 is 0 Å². The SMILES string of the molecule is CC(=O)N(C1CCCCC1)C1CC(=O)N(c2ccc(C(C)C)cc2)C1=O. The van der Waals surface area contributed by atoms with E-state index in [9.17, 15) is 14.4 Å². The van der Waals surface area contributed by atoms with Crippen LogP contribution in [0.25, 0.3) is 0 Å². The van der Waals surface area contributed by atoms with Crippen LogP contribution in [0.3, 0.4) is 0 Å². The van der Waals surface area contributed by atoms with Crippen molar-refractivity contribution in [3.63, 3.8) is 0 Å². The maximum Gasteiger partial charge on any atom is 0.257 e. The third-order valence-corrected chi connectivity index (χ3v) is 5.61. The zero-order valence-corrected chi connectivity index (χ0v) is 15.9. The fourth-order valence-electron chi connectivity index (χ4n) is 4.20. The average molecular weight is 356 g/mol. The van der Waals surface area contributed by atoms with Crippen molar-refractivity contribution < 1.29 is 14.4 Å². The van der Waals surface area contributed by atoms with Gasteiger partial charge < -0.3 is 4.90 Å². The van der Waals surface area contributed by atoms with Gasteiger partial charge in [-0.2, -0.15) is 0 Å². The van der Waals surface area contributed by atoms with Crippen molar-refractivity contribution in [3.05, 3.63) is 29.8 Å². The number of anilines is 1. The summed E-state index contributed by atoms with van der Waals surface area (Å²) in [4.78, 5) is 40.9. The van der Waals surface area contributed by atoms with Crippen LogP contribution in [0.15, 0.2) is 24.3 Å². The first-order valence-corrected chi connectivity index (χ1v) is 9.65. The van der Waals surface area contributed by atoms with Gasteiger partial charge in [0.05, 0.1) is 12.1 Å². The number of carbonyl (C=O) groups excluding carboxylic acids is 3. The van der Waals surface area contributed by atoms with E-state index in [1.54, 1.807) is 4.90 Å². The minimum absolute atomic E-state index is 0.0752. The molecule has 1 aromatic carbocycles. The van der Waals surface area contributed by atoms with Crippen LogP contribution in [0.1, 0.15) is 70.8 Å². The van der Waals surface area contributed by atoms with E-state index < -0.39 is 6.04 Å². The second-order valence-corrected chi connectivity index (χ2v) is 7.75. The highest BCUT2D eigenvalue weighted by molar-refractivity contribution is 6.23. The summed E-state index contributed by atoms with van der Waals surface area (Å²) in [6, 6.07) is 6.98. The molecular weight excluding hydrogens is 328 g/mol. The molecule has 26 heavy (non-hydrogen) atoms. The van der Waals surface area contributed by atoms with Crippen LogP contribution in [0, 0.1) is 0 Å². The number of carbonyl (C=O) groups is 3. The van der Waals surface area contributed by atoms with E-state index in [1.807, 2.05) is 24.3 Å². The van der Waals surface area contributed by atoms with Crippen molar-refractivity contribution in [2.24, 2.45) is 0 Å². The Morgan fingerprint density at radius 2 is 1.69 bits per heavy atom. The molecular formula is C21H28N2O3. The molecule has 0 bridgehead atoms. The number of benzene rings is 1. The minimum Gasteiger partial charge on any atom is -0.327 e. The maximum absolute atomic E-state index is 13.0. The summed E-state index contributed by atoms with van der Waals surface area (Å²) in [5.41, 5.74) is 1.76. The van der Waals surface area contributed by atoms with Crippen molar-refractivity contribution in [3.8, 4) is 0 Å². The fourth-order valence-corrected chi connectivity index (χ4v) is 4.20. The smallest absolute Gasteiger partial charge is 0.257 e. The van der Waals surface area contributed by atoms with Gasteiger partial charge in [0.2, 0.25) is 11.8 Å². The van der Waals surface area contributed by atoms with Gasteiger partial charge in [-0.25, -0.2) is 4.90 Å².